The molecule has 2 rings (SSSR count). The van der Waals surface area contributed by atoms with E-state index < -0.39 is 5.82 Å². The molecule has 0 aliphatic heterocycles. The highest BCUT2D eigenvalue weighted by atomic mass is 32.1. The number of rotatable bonds is 4. The van der Waals surface area contributed by atoms with Crippen LogP contribution < -0.4 is 16.0 Å². The molecule has 3 nitrogen and oxygen atoms in total. The number of hydrogen-bond acceptors (Lipinski definition) is 3. The van der Waals surface area contributed by atoms with Gasteiger partial charge in [-0.15, -0.1) is 0 Å². The Balaban J connectivity index is 2.46. The van der Waals surface area contributed by atoms with Crippen molar-refractivity contribution in [1.82, 2.24) is 0 Å². The third-order valence-corrected chi connectivity index (χ3v) is 3.12. The van der Waals surface area contributed by atoms with Crippen LogP contribution in [0.15, 0.2) is 42.5 Å². The number of nitrogens with zero attached hydrogens (tertiary/aromatic N) is 1. The molecule has 0 aliphatic carbocycles. The van der Waals surface area contributed by atoms with Crippen LogP contribution in [0, 0.1) is 5.82 Å². The van der Waals surface area contributed by atoms with E-state index in [-0.39, 0.29) is 10.6 Å². The van der Waals surface area contributed by atoms with Crippen LogP contribution >= 0.6 is 12.2 Å². The van der Waals surface area contributed by atoms with E-state index in [1.807, 2.05) is 43.3 Å². The first-order valence-corrected chi connectivity index (χ1v) is 6.53. The van der Waals surface area contributed by atoms with Crippen molar-refractivity contribution in [3.05, 3.63) is 53.8 Å². The molecule has 0 unspecified atom stereocenters. The van der Waals surface area contributed by atoms with Gasteiger partial charge in [-0.25, -0.2) is 4.39 Å². The second-order valence-corrected chi connectivity index (χ2v) is 5.00. The molecule has 0 radical (unpaired) electrons. The summed E-state index contributed by atoms with van der Waals surface area (Å²) in [6.45, 7) is 0. The monoisotopic (exact) mass is 289 g/mol. The van der Waals surface area contributed by atoms with Crippen LogP contribution in [0.2, 0.25) is 0 Å². The Labute approximate surface area is 123 Å². The topological polar surface area (TPSA) is 41.3 Å². The summed E-state index contributed by atoms with van der Waals surface area (Å²) in [4.78, 5) is 2.01. The molecule has 0 aliphatic rings. The molecule has 0 bridgehead atoms. The molecule has 2 aromatic rings. The lowest BCUT2D eigenvalue weighted by molar-refractivity contribution is 0.626. The lowest BCUT2D eigenvalue weighted by atomic mass is 10.1. The van der Waals surface area contributed by atoms with Crippen LogP contribution in [0.3, 0.4) is 0 Å². The second kappa shape index (κ2) is 5.88. The van der Waals surface area contributed by atoms with Gasteiger partial charge in [0, 0.05) is 14.1 Å². The number of nitrogens with one attached hydrogen (secondary N) is 1. The van der Waals surface area contributed by atoms with E-state index in [9.17, 15) is 4.39 Å². The van der Waals surface area contributed by atoms with E-state index in [2.05, 4.69) is 5.32 Å². The van der Waals surface area contributed by atoms with Gasteiger partial charge in [0.1, 0.15) is 10.8 Å². The number of nitrogens with two attached hydrogens (primary N) is 1. The Morgan fingerprint density at radius 2 is 1.75 bits per heavy atom. The molecule has 0 saturated heterocycles. The molecule has 3 N–H and O–H groups in total. The van der Waals surface area contributed by atoms with Crippen molar-refractivity contribution < 1.29 is 4.39 Å². The number of benzene rings is 2. The molecular weight excluding hydrogens is 273 g/mol. The zero-order valence-electron chi connectivity index (χ0n) is 11.4. The lowest BCUT2D eigenvalue weighted by Crippen LogP contribution is -2.15. The summed E-state index contributed by atoms with van der Waals surface area (Å²) in [5.41, 5.74) is 8.26. The van der Waals surface area contributed by atoms with Gasteiger partial charge in [0.2, 0.25) is 0 Å². The van der Waals surface area contributed by atoms with Gasteiger partial charge in [0.15, 0.2) is 0 Å². The Kier molecular flexibility index (Phi) is 4.20. The van der Waals surface area contributed by atoms with Gasteiger partial charge in [0.05, 0.1) is 22.6 Å². The smallest absolute Gasteiger partial charge is 0.135 e. The van der Waals surface area contributed by atoms with Crippen molar-refractivity contribution in [2.24, 2.45) is 5.73 Å². The standard InChI is InChI=1S/C15H16FN3S/c1-19(2)13-9-4-3-7-11(13)18-12-8-5-6-10(16)14(12)15(17)20/h3-9,18H,1-2H3,(H2,17,20). The average Bonchev–Trinajstić information content (AvgIpc) is 2.38. The molecule has 0 fully saturated rings. The highest BCUT2D eigenvalue weighted by molar-refractivity contribution is 7.80. The van der Waals surface area contributed by atoms with Crippen LogP contribution in [-0.4, -0.2) is 19.1 Å². The van der Waals surface area contributed by atoms with Crippen LogP contribution in [0.1, 0.15) is 5.56 Å². The first-order chi connectivity index (χ1) is 9.50. The Morgan fingerprint density at radius 1 is 1.10 bits per heavy atom. The molecule has 2 aromatic carbocycles. The molecule has 0 saturated carbocycles. The average molecular weight is 289 g/mol. The highest BCUT2D eigenvalue weighted by Gasteiger charge is 2.12. The molecule has 0 amide bonds. The Morgan fingerprint density at radius 3 is 2.40 bits per heavy atom. The first kappa shape index (κ1) is 14.3. The quantitative estimate of drug-likeness (QED) is 0.848. The predicted octanol–water partition coefficient (Wildman–Crippen LogP) is 3.27. The molecule has 20 heavy (non-hydrogen) atoms. The van der Waals surface area contributed by atoms with E-state index in [4.69, 9.17) is 18.0 Å². The Hall–Kier alpha value is -2.14. The number of halogens is 1. The van der Waals surface area contributed by atoms with Crippen molar-refractivity contribution in [1.29, 1.82) is 0 Å². The van der Waals surface area contributed by atoms with Gasteiger partial charge in [-0.05, 0) is 24.3 Å². The van der Waals surface area contributed by atoms with Crippen LogP contribution in [0.4, 0.5) is 21.5 Å². The van der Waals surface area contributed by atoms with E-state index in [0.29, 0.717) is 5.69 Å². The van der Waals surface area contributed by atoms with E-state index in [0.717, 1.165) is 11.4 Å². The zero-order chi connectivity index (χ0) is 14.7. The summed E-state index contributed by atoms with van der Waals surface area (Å²) in [7, 11) is 3.89. The van der Waals surface area contributed by atoms with Gasteiger partial charge < -0.3 is 16.0 Å². The molecule has 0 spiro atoms. The maximum atomic E-state index is 13.8. The number of para-hydroxylation sites is 2. The highest BCUT2D eigenvalue weighted by Crippen LogP contribution is 2.29. The number of thiocarbonyl (C=S) groups is 1. The van der Waals surface area contributed by atoms with Gasteiger partial charge in [-0.2, -0.15) is 0 Å². The zero-order valence-corrected chi connectivity index (χ0v) is 12.2. The molecule has 0 atom stereocenters. The minimum absolute atomic E-state index is 0.0351. The van der Waals surface area contributed by atoms with Gasteiger partial charge in [0.25, 0.3) is 0 Å². The molecule has 0 heterocycles. The van der Waals surface area contributed by atoms with E-state index >= 15 is 0 Å². The third kappa shape index (κ3) is 2.88. The maximum absolute atomic E-state index is 13.8. The molecule has 0 aromatic heterocycles. The SMILES string of the molecule is CN(C)c1ccccc1Nc1cccc(F)c1C(N)=S. The second-order valence-electron chi connectivity index (χ2n) is 4.56. The number of hydrogen-bond donors (Lipinski definition) is 2. The fourth-order valence-corrected chi connectivity index (χ4v) is 2.20. The maximum Gasteiger partial charge on any atom is 0.135 e. The van der Waals surface area contributed by atoms with Crippen molar-refractivity contribution in [2.75, 3.05) is 24.3 Å². The summed E-state index contributed by atoms with van der Waals surface area (Å²) in [6, 6.07) is 12.5. The molecule has 5 heteroatoms. The largest absolute Gasteiger partial charge is 0.389 e. The molecule has 104 valence electrons. The van der Waals surface area contributed by atoms with Gasteiger partial charge in [-0.3, -0.25) is 0 Å². The normalized spacial score (nSPS) is 10.2. The van der Waals surface area contributed by atoms with Crippen molar-refractivity contribution in [3.63, 3.8) is 0 Å². The number of anilines is 3. The van der Waals surface area contributed by atoms with Crippen molar-refractivity contribution in [3.8, 4) is 0 Å². The fraction of sp³-hybridized carbons (Fsp3) is 0.133. The Bertz CT molecular complexity index is 641. The third-order valence-electron chi connectivity index (χ3n) is 2.92. The predicted molar refractivity (Wildman–Crippen MR) is 86.3 cm³/mol. The summed E-state index contributed by atoms with van der Waals surface area (Å²) < 4.78 is 13.8. The minimum Gasteiger partial charge on any atom is -0.389 e. The van der Waals surface area contributed by atoms with Crippen LogP contribution in [0.5, 0.6) is 0 Å². The fourth-order valence-electron chi connectivity index (χ4n) is 1.99. The van der Waals surface area contributed by atoms with Crippen LogP contribution in [0.25, 0.3) is 0 Å². The first-order valence-electron chi connectivity index (χ1n) is 6.12. The summed E-state index contributed by atoms with van der Waals surface area (Å²) in [5, 5.41) is 3.20. The van der Waals surface area contributed by atoms with Gasteiger partial charge >= 0.3 is 0 Å². The van der Waals surface area contributed by atoms with Crippen molar-refractivity contribution in [2.45, 2.75) is 0 Å². The summed E-state index contributed by atoms with van der Waals surface area (Å²) in [5.74, 6) is -0.426. The van der Waals surface area contributed by atoms with Crippen molar-refractivity contribution >= 4 is 34.3 Å². The molecular formula is C15H16FN3S. The van der Waals surface area contributed by atoms with Gasteiger partial charge in [-0.1, -0.05) is 30.4 Å². The summed E-state index contributed by atoms with van der Waals surface area (Å²) >= 11 is 4.93. The van der Waals surface area contributed by atoms with Crippen LogP contribution in [-0.2, 0) is 0 Å². The minimum atomic E-state index is -0.426. The van der Waals surface area contributed by atoms with E-state index in [1.54, 1.807) is 12.1 Å². The van der Waals surface area contributed by atoms with E-state index in [1.165, 1.54) is 6.07 Å². The summed E-state index contributed by atoms with van der Waals surface area (Å²) in [6.07, 6.45) is 0. The lowest BCUT2D eigenvalue weighted by Gasteiger charge is -2.19.